The van der Waals surface area contributed by atoms with Crippen LogP contribution in [0.3, 0.4) is 0 Å². The summed E-state index contributed by atoms with van der Waals surface area (Å²) >= 11 is 3.56. The lowest BCUT2D eigenvalue weighted by Gasteiger charge is -2.39. The highest BCUT2D eigenvalue weighted by Gasteiger charge is 2.36. The van der Waals surface area contributed by atoms with Crippen LogP contribution in [0.4, 0.5) is 0 Å². The molecule has 0 heterocycles. The molecule has 0 spiro atoms. The molecule has 1 unspecified atom stereocenters. The summed E-state index contributed by atoms with van der Waals surface area (Å²) in [6, 6.07) is 3.97. The van der Waals surface area contributed by atoms with Crippen molar-refractivity contribution in [1.82, 2.24) is 0 Å². The first-order valence-electron chi connectivity index (χ1n) is 7.19. The summed E-state index contributed by atoms with van der Waals surface area (Å²) in [6.45, 7) is 2.30. The first-order valence-corrected chi connectivity index (χ1v) is 7.99. The smallest absolute Gasteiger partial charge is 0.141 e. The van der Waals surface area contributed by atoms with Gasteiger partial charge in [0.15, 0.2) is 0 Å². The van der Waals surface area contributed by atoms with Crippen LogP contribution in [0.25, 0.3) is 0 Å². The maximum Gasteiger partial charge on any atom is 0.141 e. The lowest BCUT2D eigenvalue weighted by atomic mass is 9.69. The van der Waals surface area contributed by atoms with Crippen molar-refractivity contribution in [2.24, 2.45) is 11.1 Å². The lowest BCUT2D eigenvalue weighted by molar-refractivity contribution is 0.168. The van der Waals surface area contributed by atoms with Gasteiger partial charge >= 0.3 is 0 Å². The predicted molar refractivity (Wildman–Crippen MR) is 85.4 cm³/mol. The van der Waals surface area contributed by atoms with Crippen molar-refractivity contribution < 1.29 is 9.47 Å². The molecule has 2 rings (SSSR count). The molecule has 3 nitrogen and oxygen atoms in total. The molecular formula is C16H24BrNO2. The monoisotopic (exact) mass is 341 g/mol. The Morgan fingerprint density at radius 2 is 1.80 bits per heavy atom. The number of rotatable bonds is 4. The highest BCUT2D eigenvalue weighted by atomic mass is 79.9. The van der Waals surface area contributed by atoms with Crippen LogP contribution in [-0.4, -0.2) is 14.2 Å². The van der Waals surface area contributed by atoms with Gasteiger partial charge in [-0.3, -0.25) is 0 Å². The van der Waals surface area contributed by atoms with Crippen molar-refractivity contribution in [2.45, 2.75) is 45.1 Å². The van der Waals surface area contributed by atoms with Gasteiger partial charge in [0.05, 0.1) is 14.2 Å². The molecule has 1 aliphatic carbocycles. The van der Waals surface area contributed by atoms with Crippen LogP contribution in [0.1, 0.15) is 50.6 Å². The van der Waals surface area contributed by atoms with Crippen LogP contribution in [0.5, 0.6) is 11.5 Å². The summed E-state index contributed by atoms with van der Waals surface area (Å²) in [4.78, 5) is 0. The average molecular weight is 342 g/mol. The standard InChI is InChI=1S/C16H24BrNO2/c1-16(9-5-4-6-10-16)15(18)11-7-8-12(19-2)13(17)14(11)20-3/h7-8,15H,4-6,9-10,18H2,1-3H3. The topological polar surface area (TPSA) is 44.5 Å². The average Bonchev–Trinajstić information content (AvgIpc) is 2.47. The Labute approximate surface area is 130 Å². The van der Waals surface area contributed by atoms with E-state index in [1.54, 1.807) is 14.2 Å². The fourth-order valence-corrected chi connectivity index (χ4v) is 3.89. The van der Waals surface area contributed by atoms with Gasteiger partial charge in [0.25, 0.3) is 0 Å². The summed E-state index contributed by atoms with van der Waals surface area (Å²) in [5.74, 6) is 1.57. The minimum Gasteiger partial charge on any atom is -0.495 e. The van der Waals surface area contributed by atoms with Crippen LogP contribution in [-0.2, 0) is 0 Å². The third-order valence-corrected chi connectivity index (χ3v) is 5.35. The number of methoxy groups -OCH3 is 2. The van der Waals surface area contributed by atoms with Gasteiger partial charge in [0, 0.05) is 11.6 Å². The van der Waals surface area contributed by atoms with Crippen molar-refractivity contribution in [3.05, 3.63) is 22.2 Å². The molecule has 0 amide bonds. The zero-order valence-electron chi connectivity index (χ0n) is 12.5. The van der Waals surface area contributed by atoms with Crippen LogP contribution in [0.2, 0.25) is 0 Å². The number of nitrogens with two attached hydrogens (primary N) is 1. The molecule has 1 saturated carbocycles. The van der Waals surface area contributed by atoms with Gasteiger partial charge in [0.1, 0.15) is 16.0 Å². The van der Waals surface area contributed by atoms with E-state index >= 15 is 0 Å². The van der Waals surface area contributed by atoms with E-state index in [1.807, 2.05) is 12.1 Å². The molecule has 0 aliphatic heterocycles. The van der Waals surface area contributed by atoms with E-state index in [-0.39, 0.29) is 11.5 Å². The van der Waals surface area contributed by atoms with Gasteiger partial charge in [-0.05, 0) is 46.3 Å². The largest absolute Gasteiger partial charge is 0.495 e. The fraction of sp³-hybridized carbons (Fsp3) is 0.625. The molecule has 0 radical (unpaired) electrons. The predicted octanol–water partition coefficient (Wildman–Crippen LogP) is 4.44. The summed E-state index contributed by atoms with van der Waals surface area (Å²) in [7, 11) is 3.33. The van der Waals surface area contributed by atoms with Crippen molar-refractivity contribution in [2.75, 3.05) is 14.2 Å². The second-order valence-electron chi connectivity index (χ2n) is 5.90. The normalized spacial score (nSPS) is 19.4. The molecule has 1 atom stereocenters. The number of ether oxygens (including phenoxy) is 2. The van der Waals surface area contributed by atoms with E-state index in [2.05, 4.69) is 22.9 Å². The van der Waals surface area contributed by atoms with Gasteiger partial charge in [-0.1, -0.05) is 26.2 Å². The zero-order chi connectivity index (χ0) is 14.8. The van der Waals surface area contributed by atoms with Gasteiger partial charge in [0.2, 0.25) is 0 Å². The Hall–Kier alpha value is -0.740. The molecule has 0 saturated heterocycles. The van der Waals surface area contributed by atoms with Crippen LogP contribution in [0.15, 0.2) is 16.6 Å². The Balaban J connectivity index is 2.38. The van der Waals surface area contributed by atoms with Crippen molar-refractivity contribution in [1.29, 1.82) is 0 Å². The molecule has 4 heteroatoms. The van der Waals surface area contributed by atoms with Crippen LogP contribution in [0, 0.1) is 5.41 Å². The molecule has 1 aromatic carbocycles. The molecule has 20 heavy (non-hydrogen) atoms. The molecule has 1 aliphatic rings. The van der Waals surface area contributed by atoms with E-state index in [9.17, 15) is 0 Å². The second kappa shape index (κ2) is 6.35. The third-order valence-electron chi connectivity index (χ3n) is 4.60. The maximum absolute atomic E-state index is 6.60. The molecule has 2 N–H and O–H groups in total. The van der Waals surface area contributed by atoms with E-state index < -0.39 is 0 Å². The maximum atomic E-state index is 6.60. The minimum atomic E-state index is -0.0139. The quantitative estimate of drug-likeness (QED) is 0.880. The summed E-state index contributed by atoms with van der Waals surface area (Å²) in [5.41, 5.74) is 7.81. The Morgan fingerprint density at radius 3 is 2.35 bits per heavy atom. The van der Waals surface area contributed by atoms with Crippen molar-refractivity contribution >= 4 is 15.9 Å². The van der Waals surface area contributed by atoms with Gasteiger partial charge in [-0.15, -0.1) is 0 Å². The van der Waals surface area contributed by atoms with E-state index in [0.717, 1.165) is 21.5 Å². The summed E-state index contributed by atoms with van der Waals surface area (Å²) in [5, 5.41) is 0. The van der Waals surface area contributed by atoms with Crippen LogP contribution < -0.4 is 15.2 Å². The first-order chi connectivity index (χ1) is 9.53. The molecule has 112 valence electrons. The van der Waals surface area contributed by atoms with Gasteiger partial charge in [-0.25, -0.2) is 0 Å². The number of hydrogen-bond acceptors (Lipinski definition) is 3. The SMILES string of the molecule is COc1ccc(C(N)C2(C)CCCCC2)c(OC)c1Br. The fourth-order valence-electron chi connectivity index (χ4n) is 3.21. The van der Waals surface area contributed by atoms with Crippen molar-refractivity contribution in [3.8, 4) is 11.5 Å². The Morgan fingerprint density at radius 1 is 1.15 bits per heavy atom. The second-order valence-corrected chi connectivity index (χ2v) is 6.69. The van der Waals surface area contributed by atoms with E-state index in [0.29, 0.717) is 0 Å². The molecule has 0 bridgehead atoms. The number of halogens is 1. The van der Waals surface area contributed by atoms with Gasteiger partial charge in [-0.2, -0.15) is 0 Å². The molecule has 0 aromatic heterocycles. The minimum absolute atomic E-state index is 0.0139. The van der Waals surface area contributed by atoms with Gasteiger partial charge < -0.3 is 15.2 Å². The zero-order valence-corrected chi connectivity index (χ0v) is 14.1. The van der Waals surface area contributed by atoms with Crippen molar-refractivity contribution in [3.63, 3.8) is 0 Å². The molecular weight excluding hydrogens is 318 g/mol. The Kier molecular flexibility index (Phi) is 4.97. The number of benzene rings is 1. The van der Waals surface area contributed by atoms with E-state index in [1.165, 1.54) is 32.1 Å². The highest BCUT2D eigenvalue weighted by molar-refractivity contribution is 9.10. The lowest BCUT2D eigenvalue weighted by Crippen LogP contribution is -2.34. The Bertz CT molecular complexity index is 470. The van der Waals surface area contributed by atoms with E-state index in [4.69, 9.17) is 15.2 Å². The highest BCUT2D eigenvalue weighted by Crippen LogP contribution is 2.48. The molecule has 1 fully saturated rings. The van der Waals surface area contributed by atoms with Crippen LogP contribution >= 0.6 is 15.9 Å². The molecule has 1 aromatic rings. The first kappa shape index (κ1) is 15.6. The third kappa shape index (κ3) is 2.82. The number of hydrogen-bond donors (Lipinski definition) is 1. The summed E-state index contributed by atoms with van der Waals surface area (Å²) < 4.78 is 11.7. The summed E-state index contributed by atoms with van der Waals surface area (Å²) in [6.07, 6.45) is 6.22.